The number of anilines is 1. The van der Waals surface area contributed by atoms with E-state index in [1.54, 1.807) is 0 Å². The molecule has 0 aliphatic carbocycles. The Labute approximate surface area is 241 Å². The molecule has 6 rings (SSSR count). The van der Waals surface area contributed by atoms with E-state index in [2.05, 4.69) is 30.0 Å². The highest BCUT2D eigenvalue weighted by atomic mass is 16.5. The first-order valence-electron chi connectivity index (χ1n) is 14.3. The molecule has 3 heterocycles. The third-order valence-corrected chi connectivity index (χ3v) is 8.09. The molecule has 0 amide bonds. The Kier molecular flexibility index (Phi) is 7.61. The van der Waals surface area contributed by atoms with Crippen LogP contribution in [0.25, 0.3) is 22.2 Å². The SMILES string of the molecule is CCC1(O)CCN(c2ccc3c(-c4ccc(OCc5ccccc5)nc4OCc4ccccc4)nn(C)c3c2)CC1. The van der Waals surface area contributed by atoms with Crippen LogP contribution in [0.1, 0.15) is 37.3 Å². The number of ether oxygens (including phenoxy) is 2. The normalized spacial score (nSPS) is 14.8. The van der Waals surface area contributed by atoms with E-state index in [-0.39, 0.29) is 0 Å². The average molecular weight is 549 g/mol. The minimum absolute atomic E-state index is 0.386. The Balaban J connectivity index is 1.31. The fraction of sp³-hybridized carbons (Fsp3) is 0.294. The second kappa shape index (κ2) is 11.6. The van der Waals surface area contributed by atoms with E-state index in [1.807, 2.05) is 84.5 Å². The molecule has 1 fully saturated rings. The fourth-order valence-electron chi connectivity index (χ4n) is 5.43. The minimum atomic E-state index is -0.541. The number of nitrogens with zero attached hydrogens (tertiary/aromatic N) is 4. The maximum absolute atomic E-state index is 10.7. The summed E-state index contributed by atoms with van der Waals surface area (Å²) in [5, 5.41) is 16.6. The first-order valence-corrected chi connectivity index (χ1v) is 14.3. The summed E-state index contributed by atoms with van der Waals surface area (Å²) in [5.41, 5.74) is 5.41. The molecular formula is C34H36N4O3. The highest BCUT2D eigenvalue weighted by Gasteiger charge is 2.30. The van der Waals surface area contributed by atoms with Crippen LogP contribution in [0, 0.1) is 0 Å². The van der Waals surface area contributed by atoms with Gasteiger partial charge in [-0.3, -0.25) is 4.68 Å². The first kappa shape index (κ1) is 26.8. The van der Waals surface area contributed by atoms with Crippen LogP contribution in [0.3, 0.4) is 0 Å². The predicted molar refractivity (Wildman–Crippen MR) is 162 cm³/mol. The molecule has 1 N–H and O–H groups in total. The number of pyridine rings is 1. The highest BCUT2D eigenvalue weighted by Crippen LogP contribution is 2.37. The van der Waals surface area contributed by atoms with Gasteiger partial charge in [-0.1, -0.05) is 67.6 Å². The Morgan fingerprint density at radius 1 is 0.829 bits per heavy atom. The monoisotopic (exact) mass is 548 g/mol. The number of benzene rings is 3. The summed E-state index contributed by atoms with van der Waals surface area (Å²) >= 11 is 0. The molecule has 7 heteroatoms. The van der Waals surface area contributed by atoms with E-state index in [0.29, 0.717) is 25.0 Å². The molecule has 1 saturated heterocycles. The number of aliphatic hydroxyl groups is 1. The lowest BCUT2D eigenvalue weighted by Gasteiger charge is -2.38. The molecule has 0 unspecified atom stereocenters. The fourth-order valence-corrected chi connectivity index (χ4v) is 5.43. The van der Waals surface area contributed by atoms with Crippen molar-refractivity contribution in [3.8, 4) is 23.0 Å². The number of hydrogen-bond acceptors (Lipinski definition) is 6. The Morgan fingerprint density at radius 3 is 2.15 bits per heavy atom. The van der Waals surface area contributed by atoms with Gasteiger partial charge in [-0.2, -0.15) is 10.1 Å². The van der Waals surface area contributed by atoms with Crippen LogP contribution in [-0.2, 0) is 20.3 Å². The average Bonchev–Trinajstić information content (AvgIpc) is 3.35. The number of rotatable bonds is 9. The van der Waals surface area contributed by atoms with Crippen LogP contribution in [0.5, 0.6) is 11.8 Å². The second-order valence-electron chi connectivity index (χ2n) is 10.8. The molecule has 0 radical (unpaired) electrons. The van der Waals surface area contributed by atoms with E-state index in [0.717, 1.165) is 71.3 Å². The molecule has 5 aromatic rings. The van der Waals surface area contributed by atoms with Crippen LogP contribution in [0.2, 0.25) is 0 Å². The summed E-state index contributed by atoms with van der Waals surface area (Å²) < 4.78 is 14.3. The molecule has 2 aromatic heterocycles. The quantitative estimate of drug-likeness (QED) is 0.226. The van der Waals surface area contributed by atoms with E-state index in [9.17, 15) is 5.11 Å². The van der Waals surface area contributed by atoms with Crippen molar-refractivity contribution in [3.63, 3.8) is 0 Å². The third-order valence-electron chi connectivity index (χ3n) is 8.09. The van der Waals surface area contributed by atoms with Gasteiger partial charge in [-0.05, 0) is 54.7 Å². The second-order valence-corrected chi connectivity index (χ2v) is 10.8. The van der Waals surface area contributed by atoms with Gasteiger partial charge in [-0.25, -0.2) is 0 Å². The number of piperidine rings is 1. The van der Waals surface area contributed by atoms with Gasteiger partial charge in [0.25, 0.3) is 0 Å². The molecule has 7 nitrogen and oxygen atoms in total. The van der Waals surface area contributed by atoms with Crippen LogP contribution in [0.4, 0.5) is 5.69 Å². The van der Waals surface area contributed by atoms with Crippen molar-refractivity contribution in [2.24, 2.45) is 7.05 Å². The van der Waals surface area contributed by atoms with Gasteiger partial charge < -0.3 is 19.5 Å². The standard InChI is InChI=1S/C34H36N4O3/c1-3-34(39)18-20-38(21-19-34)27-14-15-28-30(22-27)37(2)36-32(28)29-16-17-31(40-23-25-10-6-4-7-11-25)35-33(29)41-24-26-12-8-5-9-13-26/h4-17,22,39H,3,18-21,23-24H2,1-2H3. The largest absolute Gasteiger partial charge is 0.473 e. The van der Waals surface area contributed by atoms with Crippen LogP contribution >= 0.6 is 0 Å². The predicted octanol–water partition coefficient (Wildman–Crippen LogP) is 6.53. The van der Waals surface area contributed by atoms with Gasteiger partial charge in [0, 0.05) is 37.3 Å². The molecule has 1 aliphatic heterocycles. The summed E-state index contributed by atoms with van der Waals surface area (Å²) in [6.07, 6.45) is 2.36. The third kappa shape index (κ3) is 5.91. The van der Waals surface area contributed by atoms with Crippen LogP contribution in [0.15, 0.2) is 91.0 Å². The molecule has 41 heavy (non-hydrogen) atoms. The number of hydrogen-bond donors (Lipinski definition) is 1. The first-order chi connectivity index (χ1) is 20.0. The van der Waals surface area contributed by atoms with Gasteiger partial charge in [0.15, 0.2) is 0 Å². The van der Waals surface area contributed by atoms with Crippen LogP contribution in [-0.4, -0.2) is 38.6 Å². The number of fused-ring (bicyclic) bond motifs is 1. The molecular weight excluding hydrogens is 512 g/mol. The maximum atomic E-state index is 10.7. The molecule has 0 spiro atoms. The zero-order valence-corrected chi connectivity index (χ0v) is 23.7. The van der Waals surface area contributed by atoms with Gasteiger partial charge in [0.05, 0.1) is 16.7 Å². The van der Waals surface area contributed by atoms with Crippen molar-refractivity contribution in [1.29, 1.82) is 0 Å². The smallest absolute Gasteiger partial charge is 0.226 e. The molecule has 3 aromatic carbocycles. The van der Waals surface area contributed by atoms with E-state index < -0.39 is 5.60 Å². The topological polar surface area (TPSA) is 72.6 Å². The van der Waals surface area contributed by atoms with Gasteiger partial charge in [0.2, 0.25) is 11.8 Å². The number of aryl methyl sites for hydroxylation is 1. The molecule has 0 saturated carbocycles. The Bertz CT molecular complexity index is 1610. The zero-order valence-electron chi connectivity index (χ0n) is 23.7. The lowest BCUT2D eigenvalue weighted by molar-refractivity contribution is 0.0126. The van der Waals surface area contributed by atoms with Gasteiger partial charge in [-0.15, -0.1) is 0 Å². The molecule has 1 aliphatic rings. The van der Waals surface area contributed by atoms with E-state index >= 15 is 0 Å². The highest BCUT2D eigenvalue weighted by molar-refractivity contribution is 5.96. The lowest BCUT2D eigenvalue weighted by atomic mass is 9.89. The zero-order chi connectivity index (χ0) is 28.2. The summed E-state index contributed by atoms with van der Waals surface area (Å²) in [6, 6.07) is 30.5. The minimum Gasteiger partial charge on any atom is -0.473 e. The lowest BCUT2D eigenvalue weighted by Crippen LogP contribution is -2.44. The van der Waals surface area contributed by atoms with E-state index in [4.69, 9.17) is 19.6 Å². The maximum Gasteiger partial charge on any atom is 0.226 e. The number of aromatic nitrogens is 3. The summed E-state index contributed by atoms with van der Waals surface area (Å²) in [7, 11) is 1.97. The summed E-state index contributed by atoms with van der Waals surface area (Å²) in [6.45, 7) is 4.55. The Hall–Kier alpha value is -4.36. The van der Waals surface area contributed by atoms with Crippen LogP contribution < -0.4 is 14.4 Å². The molecule has 210 valence electrons. The van der Waals surface area contributed by atoms with Gasteiger partial charge in [0.1, 0.15) is 18.9 Å². The molecule has 0 bridgehead atoms. The summed E-state index contributed by atoms with van der Waals surface area (Å²) in [4.78, 5) is 7.13. The van der Waals surface area contributed by atoms with E-state index in [1.165, 1.54) is 0 Å². The van der Waals surface area contributed by atoms with Crippen molar-refractivity contribution in [2.75, 3.05) is 18.0 Å². The van der Waals surface area contributed by atoms with Crippen molar-refractivity contribution in [2.45, 2.75) is 45.0 Å². The van der Waals surface area contributed by atoms with Crippen molar-refractivity contribution in [1.82, 2.24) is 14.8 Å². The van der Waals surface area contributed by atoms with Gasteiger partial charge >= 0.3 is 0 Å². The van der Waals surface area contributed by atoms with Crippen molar-refractivity contribution >= 4 is 16.6 Å². The molecule has 0 atom stereocenters. The Morgan fingerprint density at radius 2 is 1.49 bits per heavy atom. The summed E-state index contributed by atoms with van der Waals surface area (Å²) in [5.74, 6) is 0.985. The van der Waals surface area contributed by atoms with Crippen molar-refractivity contribution in [3.05, 3.63) is 102 Å². The van der Waals surface area contributed by atoms with Crippen molar-refractivity contribution < 1.29 is 14.6 Å².